The Morgan fingerprint density at radius 3 is 2.81 bits per heavy atom. The molecule has 16 heavy (non-hydrogen) atoms. The first-order chi connectivity index (χ1) is 7.61. The summed E-state index contributed by atoms with van der Waals surface area (Å²) in [6, 6.07) is 6.48. The minimum Gasteiger partial charge on any atom is -0.314 e. The second-order valence-electron chi connectivity index (χ2n) is 5.11. The van der Waals surface area contributed by atoms with Gasteiger partial charge in [0.25, 0.3) is 0 Å². The van der Waals surface area contributed by atoms with Crippen LogP contribution in [-0.2, 0) is 11.2 Å². The summed E-state index contributed by atoms with van der Waals surface area (Å²) in [4.78, 5) is 12.8. The third kappa shape index (κ3) is 1.97. The summed E-state index contributed by atoms with van der Waals surface area (Å²) in [5.74, 6) is 1.10. The van der Waals surface area contributed by atoms with Gasteiger partial charge in [0.2, 0.25) is 6.41 Å². The number of carbonyl (C=O) groups excluding carboxylic acids is 1. The van der Waals surface area contributed by atoms with E-state index in [1.807, 2.05) is 4.90 Å². The van der Waals surface area contributed by atoms with E-state index in [4.69, 9.17) is 0 Å². The van der Waals surface area contributed by atoms with Crippen LogP contribution in [0.15, 0.2) is 18.2 Å². The zero-order chi connectivity index (χ0) is 11.7. The molecule has 0 saturated carbocycles. The Labute approximate surface area is 97.3 Å². The van der Waals surface area contributed by atoms with Crippen molar-refractivity contribution in [1.29, 1.82) is 0 Å². The van der Waals surface area contributed by atoms with Crippen LogP contribution in [0, 0.1) is 5.92 Å². The SMILES string of the molecule is CC1Cc2cc(C(C)C)ccc2N(C=O)C1. The van der Waals surface area contributed by atoms with Crippen LogP contribution in [0.5, 0.6) is 0 Å². The lowest BCUT2D eigenvalue weighted by Crippen LogP contribution is -2.33. The van der Waals surface area contributed by atoms with Crippen LogP contribution in [0.4, 0.5) is 5.69 Å². The summed E-state index contributed by atoms with van der Waals surface area (Å²) in [5.41, 5.74) is 3.77. The summed E-state index contributed by atoms with van der Waals surface area (Å²) >= 11 is 0. The van der Waals surface area contributed by atoms with Crippen molar-refractivity contribution in [3.05, 3.63) is 29.3 Å². The molecule has 1 amide bonds. The first-order valence-corrected chi connectivity index (χ1v) is 5.96. The number of anilines is 1. The third-order valence-corrected chi connectivity index (χ3v) is 3.28. The molecule has 2 rings (SSSR count). The van der Waals surface area contributed by atoms with E-state index in [0.717, 1.165) is 25.1 Å². The number of hydrogen-bond donors (Lipinski definition) is 0. The van der Waals surface area contributed by atoms with Gasteiger partial charge in [-0.05, 0) is 35.4 Å². The number of rotatable bonds is 2. The molecular weight excluding hydrogens is 198 g/mol. The van der Waals surface area contributed by atoms with Crippen molar-refractivity contribution in [1.82, 2.24) is 0 Å². The van der Waals surface area contributed by atoms with Crippen LogP contribution in [0.3, 0.4) is 0 Å². The highest BCUT2D eigenvalue weighted by atomic mass is 16.1. The molecule has 0 aliphatic carbocycles. The van der Waals surface area contributed by atoms with Gasteiger partial charge in [-0.15, -0.1) is 0 Å². The molecule has 0 aromatic heterocycles. The molecule has 0 spiro atoms. The van der Waals surface area contributed by atoms with Gasteiger partial charge in [0.1, 0.15) is 0 Å². The smallest absolute Gasteiger partial charge is 0.214 e. The molecule has 1 aromatic rings. The van der Waals surface area contributed by atoms with Crippen LogP contribution in [0.1, 0.15) is 37.8 Å². The summed E-state index contributed by atoms with van der Waals surface area (Å²) in [7, 11) is 0. The van der Waals surface area contributed by atoms with E-state index in [1.54, 1.807) is 0 Å². The minimum absolute atomic E-state index is 0.548. The number of fused-ring (bicyclic) bond motifs is 1. The maximum atomic E-state index is 11.0. The van der Waals surface area contributed by atoms with Gasteiger partial charge in [0.05, 0.1) is 0 Å². The Kier molecular flexibility index (Phi) is 2.99. The fraction of sp³-hybridized carbons (Fsp3) is 0.500. The second-order valence-corrected chi connectivity index (χ2v) is 5.11. The van der Waals surface area contributed by atoms with E-state index in [1.165, 1.54) is 11.1 Å². The van der Waals surface area contributed by atoms with Gasteiger partial charge in [-0.1, -0.05) is 32.9 Å². The predicted octanol–water partition coefficient (Wildman–Crippen LogP) is 2.97. The van der Waals surface area contributed by atoms with Crippen LogP contribution in [0.25, 0.3) is 0 Å². The summed E-state index contributed by atoms with van der Waals surface area (Å²) in [6.45, 7) is 7.44. The zero-order valence-corrected chi connectivity index (χ0v) is 10.2. The van der Waals surface area contributed by atoms with Crippen molar-refractivity contribution in [2.24, 2.45) is 5.92 Å². The normalized spacial score (nSPS) is 19.8. The lowest BCUT2D eigenvalue weighted by atomic mass is 9.90. The molecule has 86 valence electrons. The number of amides is 1. The third-order valence-electron chi connectivity index (χ3n) is 3.28. The van der Waals surface area contributed by atoms with Crippen LogP contribution < -0.4 is 4.90 Å². The largest absolute Gasteiger partial charge is 0.314 e. The van der Waals surface area contributed by atoms with E-state index in [9.17, 15) is 4.79 Å². The Morgan fingerprint density at radius 2 is 2.19 bits per heavy atom. The van der Waals surface area contributed by atoms with Gasteiger partial charge >= 0.3 is 0 Å². The molecular formula is C14H19NO. The van der Waals surface area contributed by atoms with Crippen LogP contribution in [0.2, 0.25) is 0 Å². The number of hydrogen-bond acceptors (Lipinski definition) is 1. The maximum absolute atomic E-state index is 11.0. The van der Waals surface area contributed by atoms with E-state index < -0.39 is 0 Å². The summed E-state index contributed by atoms with van der Waals surface area (Å²) in [6.07, 6.45) is 2.03. The Balaban J connectivity index is 2.42. The fourth-order valence-corrected chi connectivity index (χ4v) is 2.38. The standard InChI is InChI=1S/C14H19NO/c1-10(2)12-4-5-14-13(7-12)6-11(3)8-15(14)9-16/h4-5,7,9-11H,6,8H2,1-3H3. The van der Waals surface area contributed by atoms with Gasteiger partial charge in [0.15, 0.2) is 0 Å². The van der Waals surface area contributed by atoms with Gasteiger partial charge in [-0.2, -0.15) is 0 Å². The van der Waals surface area contributed by atoms with Gasteiger partial charge in [0, 0.05) is 12.2 Å². The maximum Gasteiger partial charge on any atom is 0.214 e. The highest BCUT2D eigenvalue weighted by Crippen LogP contribution is 2.31. The van der Waals surface area contributed by atoms with Crippen molar-refractivity contribution < 1.29 is 4.79 Å². The molecule has 0 bridgehead atoms. The average Bonchev–Trinajstić information content (AvgIpc) is 2.26. The topological polar surface area (TPSA) is 20.3 Å². The number of carbonyl (C=O) groups is 1. The molecule has 0 saturated heterocycles. The van der Waals surface area contributed by atoms with Crippen LogP contribution >= 0.6 is 0 Å². The molecule has 2 nitrogen and oxygen atoms in total. The van der Waals surface area contributed by atoms with E-state index in [2.05, 4.69) is 39.0 Å². The molecule has 1 unspecified atom stereocenters. The minimum atomic E-state index is 0.548. The highest BCUT2D eigenvalue weighted by Gasteiger charge is 2.21. The monoisotopic (exact) mass is 217 g/mol. The molecule has 1 aromatic carbocycles. The molecule has 0 N–H and O–H groups in total. The van der Waals surface area contributed by atoms with Gasteiger partial charge in [-0.3, -0.25) is 4.79 Å². The van der Waals surface area contributed by atoms with Crippen molar-refractivity contribution in [3.8, 4) is 0 Å². The molecule has 1 aliphatic rings. The van der Waals surface area contributed by atoms with Crippen molar-refractivity contribution >= 4 is 12.1 Å². The molecule has 2 heteroatoms. The average molecular weight is 217 g/mol. The van der Waals surface area contributed by atoms with Crippen molar-refractivity contribution in [2.75, 3.05) is 11.4 Å². The van der Waals surface area contributed by atoms with Crippen molar-refractivity contribution in [2.45, 2.75) is 33.1 Å². The Hall–Kier alpha value is -1.31. The van der Waals surface area contributed by atoms with Crippen molar-refractivity contribution in [3.63, 3.8) is 0 Å². The highest BCUT2D eigenvalue weighted by molar-refractivity contribution is 5.78. The quantitative estimate of drug-likeness (QED) is 0.697. The lowest BCUT2D eigenvalue weighted by Gasteiger charge is -2.30. The molecule has 1 aliphatic heterocycles. The van der Waals surface area contributed by atoms with Gasteiger partial charge in [-0.25, -0.2) is 0 Å². The molecule has 0 radical (unpaired) electrons. The molecule has 0 fully saturated rings. The second kappa shape index (κ2) is 4.28. The van der Waals surface area contributed by atoms with E-state index in [-0.39, 0.29) is 0 Å². The molecule has 1 heterocycles. The van der Waals surface area contributed by atoms with Crippen LogP contribution in [-0.4, -0.2) is 13.0 Å². The first kappa shape index (κ1) is 11.2. The summed E-state index contributed by atoms with van der Waals surface area (Å²) in [5, 5.41) is 0. The van der Waals surface area contributed by atoms with E-state index >= 15 is 0 Å². The Bertz CT molecular complexity index is 398. The fourth-order valence-electron chi connectivity index (χ4n) is 2.38. The Morgan fingerprint density at radius 1 is 1.44 bits per heavy atom. The summed E-state index contributed by atoms with van der Waals surface area (Å²) < 4.78 is 0. The predicted molar refractivity (Wildman–Crippen MR) is 66.8 cm³/mol. The van der Waals surface area contributed by atoms with E-state index in [0.29, 0.717) is 11.8 Å². The first-order valence-electron chi connectivity index (χ1n) is 5.96. The number of benzene rings is 1. The lowest BCUT2D eigenvalue weighted by molar-refractivity contribution is -0.107. The molecule has 1 atom stereocenters. The zero-order valence-electron chi connectivity index (χ0n) is 10.2. The van der Waals surface area contributed by atoms with Gasteiger partial charge < -0.3 is 4.90 Å². The number of nitrogens with zero attached hydrogens (tertiary/aromatic N) is 1.